The number of aryl methyl sites for hydroxylation is 1. The van der Waals surface area contributed by atoms with Crippen molar-refractivity contribution in [2.75, 3.05) is 17.6 Å². The second-order valence-corrected chi connectivity index (χ2v) is 8.42. The van der Waals surface area contributed by atoms with Crippen molar-refractivity contribution in [2.24, 2.45) is 0 Å². The molecule has 0 aliphatic carbocycles. The van der Waals surface area contributed by atoms with Crippen LogP contribution in [0.1, 0.15) is 51.5 Å². The first kappa shape index (κ1) is 18.9. The summed E-state index contributed by atoms with van der Waals surface area (Å²) in [5.74, 6) is -0.102. The van der Waals surface area contributed by atoms with Crippen LogP contribution in [0.2, 0.25) is 0 Å². The largest absolute Gasteiger partial charge is 0.325 e. The molecule has 1 N–H and O–H groups in total. The summed E-state index contributed by atoms with van der Waals surface area (Å²) in [6, 6.07) is 7.19. The van der Waals surface area contributed by atoms with Gasteiger partial charge in [-0.2, -0.15) is 4.31 Å². The number of nitrogens with zero attached hydrogens (tertiary/aromatic N) is 1. The normalized spacial score (nSPS) is 18.7. The van der Waals surface area contributed by atoms with Crippen molar-refractivity contribution in [1.82, 2.24) is 4.31 Å². The van der Waals surface area contributed by atoms with Crippen LogP contribution >= 0.6 is 0 Å². The quantitative estimate of drug-likeness (QED) is 0.781. The molecule has 1 aromatic rings. The van der Waals surface area contributed by atoms with Crippen LogP contribution in [0.15, 0.2) is 24.3 Å². The highest BCUT2D eigenvalue weighted by atomic mass is 32.2. The summed E-state index contributed by atoms with van der Waals surface area (Å²) in [7, 11) is -3.35. The molecular weight excluding hydrogens is 324 g/mol. The van der Waals surface area contributed by atoms with Crippen molar-refractivity contribution in [3.8, 4) is 0 Å². The van der Waals surface area contributed by atoms with Crippen LogP contribution in [0, 0.1) is 0 Å². The third-order valence-electron chi connectivity index (χ3n) is 4.38. The van der Waals surface area contributed by atoms with Crippen LogP contribution < -0.4 is 5.32 Å². The Morgan fingerprint density at radius 1 is 1.21 bits per heavy atom. The van der Waals surface area contributed by atoms with E-state index >= 15 is 0 Å². The molecule has 1 unspecified atom stereocenters. The van der Waals surface area contributed by atoms with Crippen LogP contribution in [0.3, 0.4) is 0 Å². The Bertz CT molecular complexity index is 641. The van der Waals surface area contributed by atoms with Gasteiger partial charge in [0.2, 0.25) is 15.9 Å². The maximum Gasteiger partial charge on any atom is 0.242 e. The highest BCUT2D eigenvalue weighted by Gasteiger charge is 2.38. The average Bonchev–Trinajstić information content (AvgIpc) is 3.06. The van der Waals surface area contributed by atoms with E-state index in [9.17, 15) is 13.2 Å². The van der Waals surface area contributed by atoms with E-state index in [2.05, 4.69) is 12.2 Å². The van der Waals surface area contributed by atoms with Crippen LogP contribution in [0.5, 0.6) is 0 Å². The van der Waals surface area contributed by atoms with Crippen LogP contribution in [0.25, 0.3) is 0 Å². The molecule has 24 heavy (non-hydrogen) atoms. The number of sulfonamides is 1. The number of unbranched alkanes of at least 4 members (excludes halogenated alkanes) is 1. The SMILES string of the molecule is CCCCS(=O)(=O)N1CCCC1C(=O)Nc1ccc(CCC)cc1. The van der Waals surface area contributed by atoms with Crippen molar-refractivity contribution in [1.29, 1.82) is 0 Å². The lowest BCUT2D eigenvalue weighted by Gasteiger charge is -2.23. The van der Waals surface area contributed by atoms with Gasteiger partial charge in [-0.15, -0.1) is 0 Å². The van der Waals surface area contributed by atoms with Gasteiger partial charge in [-0.3, -0.25) is 4.79 Å². The van der Waals surface area contributed by atoms with Gasteiger partial charge >= 0.3 is 0 Å². The van der Waals surface area contributed by atoms with Crippen molar-refractivity contribution in [3.63, 3.8) is 0 Å². The van der Waals surface area contributed by atoms with Crippen molar-refractivity contribution in [3.05, 3.63) is 29.8 Å². The molecule has 0 spiro atoms. The fourth-order valence-corrected chi connectivity index (χ4v) is 4.93. The van der Waals surface area contributed by atoms with E-state index in [1.807, 2.05) is 31.2 Å². The number of hydrogen-bond acceptors (Lipinski definition) is 3. The maximum absolute atomic E-state index is 12.5. The second kappa shape index (κ2) is 8.62. The van der Waals surface area contributed by atoms with E-state index in [1.165, 1.54) is 9.87 Å². The lowest BCUT2D eigenvalue weighted by molar-refractivity contribution is -0.119. The van der Waals surface area contributed by atoms with Gasteiger partial charge in [-0.25, -0.2) is 8.42 Å². The zero-order valence-corrected chi connectivity index (χ0v) is 15.4. The van der Waals surface area contributed by atoms with E-state index in [1.54, 1.807) is 0 Å². The molecular formula is C18H28N2O3S. The Morgan fingerprint density at radius 2 is 1.92 bits per heavy atom. The monoisotopic (exact) mass is 352 g/mol. The highest BCUT2D eigenvalue weighted by Crippen LogP contribution is 2.23. The van der Waals surface area contributed by atoms with E-state index < -0.39 is 16.1 Å². The summed E-state index contributed by atoms with van der Waals surface area (Å²) in [4.78, 5) is 12.5. The number of carbonyl (C=O) groups excluding carboxylic acids is 1. The Morgan fingerprint density at radius 3 is 2.54 bits per heavy atom. The third kappa shape index (κ3) is 4.80. The molecule has 1 aliphatic heterocycles. The first-order valence-corrected chi connectivity index (χ1v) is 10.5. The Labute approximate surface area is 145 Å². The van der Waals surface area contributed by atoms with Gasteiger partial charge in [0.05, 0.1) is 5.75 Å². The molecule has 5 nitrogen and oxygen atoms in total. The van der Waals surface area contributed by atoms with E-state index in [0.29, 0.717) is 19.4 Å². The van der Waals surface area contributed by atoms with Gasteiger partial charge in [0.25, 0.3) is 0 Å². The van der Waals surface area contributed by atoms with Gasteiger partial charge < -0.3 is 5.32 Å². The molecule has 134 valence electrons. The third-order valence-corrected chi connectivity index (χ3v) is 6.34. The molecule has 0 saturated carbocycles. The van der Waals surface area contributed by atoms with Crippen molar-refractivity contribution in [2.45, 2.75) is 58.4 Å². The van der Waals surface area contributed by atoms with Gasteiger partial charge in [-0.05, 0) is 43.4 Å². The summed E-state index contributed by atoms with van der Waals surface area (Å²) in [5.41, 5.74) is 1.96. The number of rotatable bonds is 8. The fourth-order valence-electron chi connectivity index (χ4n) is 3.05. The molecule has 1 aromatic carbocycles. The summed E-state index contributed by atoms with van der Waals surface area (Å²) >= 11 is 0. The number of benzene rings is 1. The number of nitrogens with one attached hydrogen (secondary N) is 1. The Kier molecular flexibility index (Phi) is 6.80. The predicted octanol–water partition coefficient (Wildman–Crippen LogP) is 3.17. The maximum atomic E-state index is 12.5. The van der Waals surface area contributed by atoms with Crippen molar-refractivity contribution < 1.29 is 13.2 Å². The summed E-state index contributed by atoms with van der Waals surface area (Å²) in [5, 5.41) is 2.87. The number of amides is 1. The molecule has 0 aromatic heterocycles. The Balaban J connectivity index is 2.02. The van der Waals surface area contributed by atoms with Crippen LogP contribution in [-0.4, -0.2) is 37.0 Å². The molecule has 0 bridgehead atoms. The number of hydrogen-bond donors (Lipinski definition) is 1. The van der Waals surface area contributed by atoms with Crippen LogP contribution in [-0.2, 0) is 21.2 Å². The van der Waals surface area contributed by atoms with Crippen LogP contribution in [0.4, 0.5) is 5.69 Å². The minimum absolute atomic E-state index is 0.124. The summed E-state index contributed by atoms with van der Waals surface area (Å²) in [6.45, 7) is 4.54. The fraction of sp³-hybridized carbons (Fsp3) is 0.611. The van der Waals surface area contributed by atoms with E-state index in [0.717, 1.165) is 31.4 Å². The smallest absolute Gasteiger partial charge is 0.242 e. The van der Waals surface area contributed by atoms with E-state index in [-0.39, 0.29) is 11.7 Å². The molecule has 1 aliphatic rings. The topological polar surface area (TPSA) is 66.5 Å². The molecule has 2 rings (SSSR count). The average molecular weight is 353 g/mol. The molecule has 1 fully saturated rings. The molecule has 1 heterocycles. The molecule has 6 heteroatoms. The standard InChI is InChI=1S/C18H28N2O3S/c1-3-5-14-24(22,23)20-13-6-8-17(20)18(21)19-16-11-9-15(7-4-2)10-12-16/h9-12,17H,3-8,13-14H2,1-2H3,(H,19,21). The minimum atomic E-state index is -3.35. The molecule has 1 atom stereocenters. The lowest BCUT2D eigenvalue weighted by Crippen LogP contribution is -2.44. The van der Waals surface area contributed by atoms with E-state index in [4.69, 9.17) is 0 Å². The first-order valence-electron chi connectivity index (χ1n) is 8.87. The lowest BCUT2D eigenvalue weighted by atomic mass is 10.1. The Hall–Kier alpha value is -1.40. The minimum Gasteiger partial charge on any atom is -0.325 e. The zero-order chi connectivity index (χ0) is 17.6. The first-order chi connectivity index (χ1) is 11.5. The van der Waals surface area contributed by atoms with Gasteiger partial charge in [0.1, 0.15) is 6.04 Å². The van der Waals surface area contributed by atoms with Gasteiger partial charge in [0, 0.05) is 12.2 Å². The molecule has 1 saturated heterocycles. The molecule has 1 amide bonds. The number of carbonyl (C=O) groups is 1. The number of anilines is 1. The highest BCUT2D eigenvalue weighted by molar-refractivity contribution is 7.89. The summed E-state index contributed by atoms with van der Waals surface area (Å²) in [6.07, 6.45) is 4.88. The van der Waals surface area contributed by atoms with Gasteiger partial charge in [-0.1, -0.05) is 38.8 Å². The second-order valence-electron chi connectivity index (χ2n) is 6.37. The predicted molar refractivity (Wildman–Crippen MR) is 97.5 cm³/mol. The summed E-state index contributed by atoms with van der Waals surface area (Å²) < 4.78 is 26.2. The van der Waals surface area contributed by atoms with Gasteiger partial charge in [0.15, 0.2) is 0 Å². The molecule has 0 radical (unpaired) electrons. The zero-order valence-electron chi connectivity index (χ0n) is 14.6. The van der Waals surface area contributed by atoms with Crippen molar-refractivity contribution >= 4 is 21.6 Å².